The molecule has 0 bridgehead atoms. The van der Waals surface area contributed by atoms with Crippen LogP contribution in [0.25, 0.3) is 21.9 Å². The SMILES string of the molecule is N[C@@H]1C(=O)N2C(C(=O)O)=C(Sc3ccc4c(c3)oc3ccccc34)CS[C@@H]12. The predicted octanol–water partition coefficient (Wildman–Crippen LogP) is 3.22. The van der Waals surface area contributed by atoms with Crippen LogP contribution >= 0.6 is 23.5 Å². The summed E-state index contributed by atoms with van der Waals surface area (Å²) in [6.07, 6.45) is 0. The van der Waals surface area contributed by atoms with E-state index in [2.05, 4.69) is 0 Å². The topological polar surface area (TPSA) is 96.8 Å². The molecule has 1 saturated heterocycles. The highest BCUT2D eigenvalue weighted by Crippen LogP contribution is 2.45. The quantitative estimate of drug-likeness (QED) is 0.654. The van der Waals surface area contributed by atoms with Gasteiger partial charge < -0.3 is 15.3 Å². The number of thioether (sulfide) groups is 2. The number of benzene rings is 2. The maximum Gasteiger partial charge on any atom is 0.353 e. The first kappa shape index (κ1) is 16.7. The summed E-state index contributed by atoms with van der Waals surface area (Å²) in [6, 6.07) is 13.0. The maximum absolute atomic E-state index is 12.0. The monoisotopic (exact) mass is 398 g/mol. The number of furan rings is 1. The molecular weight excluding hydrogens is 384 g/mol. The third-order valence-electron chi connectivity index (χ3n) is 4.77. The molecule has 0 unspecified atom stereocenters. The number of nitrogens with zero attached hydrogens (tertiary/aromatic N) is 1. The van der Waals surface area contributed by atoms with E-state index >= 15 is 0 Å². The molecule has 2 aliphatic heterocycles. The summed E-state index contributed by atoms with van der Waals surface area (Å²) in [5, 5.41) is 11.4. The number of β-lactam (4-membered cyclic amide) rings is 1. The number of hydrogen-bond acceptors (Lipinski definition) is 6. The fraction of sp³-hybridized carbons (Fsp3) is 0.158. The van der Waals surface area contributed by atoms with Gasteiger partial charge in [0.1, 0.15) is 28.3 Å². The van der Waals surface area contributed by atoms with Crippen LogP contribution in [0.1, 0.15) is 0 Å². The van der Waals surface area contributed by atoms with Gasteiger partial charge in [-0.25, -0.2) is 4.79 Å². The average molecular weight is 398 g/mol. The van der Waals surface area contributed by atoms with Crippen molar-refractivity contribution in [1.29, 1.82) is 0 Å². The van der Waals surface area contributed by atoms with Crippen molar-refractivity contribution >= 4 is 57.3 Å². The molecule has 1 aromatic heterocycles. The Bertz CT molecular complexity index is 1150. The molecular formula is C19H14N2O4S2. The van der Waals surface area contributed by atoms with Gasteiger partial charge in [0.25, 0.3) is 0 Å². The molecule has 3 heterocycles. The smallest absolute Gasteiger partial charge is 0.353 e. The third-order valence-corrected chi connectivity index (χ3v) is 7.33. The Morgan fingerprint density at radius 2 is 2.00 bits per heavy atom. The van der Waals surface area contributed by atoms with Crippen molar-refractivity contribution in [2.45, 2.75) is 16.3 Å². The predicted molar refractivity (Wildman–Crippen MR) is 105 cm³/mol. The number of nitrogens with two attached hydrogens (primary N) is 1. The maximum atomic E-state index is 12.0. The van der Waals surface area contributed by atoms with Gasteiger partial charge in [-0.15, -0.1) is 11.8 Å². The standard InChI is InChI=1S/C19H14N2O4S2/c20-15-17(22)21-16(19(23)24)14(8-26-18(15)21)27-9-5-6-11-10-3-1-2-4-12(10)25-13(11)7-9/h1-7,15,18H,8,20H2,(H,23,24)/t15-,18+/m1/s1. The van der Waals surface area contributed by atoms with Gasteiger partial charge in [-0.3, -0.25) is 9.69 Å². The molecule has 136 valence electrons. The van der Waals surface area contributed by atoms with Crippen LogP contribution in [-0.2, 0) is 9.59 Å². The Hall–Kier alpha value is -2.42. The molecule has 1 fully saturated rings. The van der Waals surface area contributed by atoms with Gasteiger partial charge >= 0.3 is 5.97 Å². The zero-order valence-electron chi connectivity index (χ0n) is 13.9. The number of carbonyl (C=O) groups excluding carboxylic acids is 1. The highest BCUT2D eigenvalue weighted by molar-refractivity contribution is 8.06. The van der Waals surface area contributed by atoms with Crippen molar-refractivity contribution in [1.82, 2.24) is 4.90 Å². The van der Waals surface area contributed by atoms with E-state index in [-0.39, 0.29) is 17.0 Å². The molecule has 0 spiro atoms. The van der Waals surface area contributed by atoms with Gasteiger partial charge in [0.15, 0.2) is 0 Å². The molecule has 1 amide bonds. The van der Waals surface area contributed by atoms with Crippen LogP contribution in [-0.4, -0.2) is 39.1 Å². The Balaban J connectivity index is 1.54. The Morgan fingerprint density at radius 3 is 2.81 bits per heavy atom. The number of aliphatic carboxylic acids is 1. The Kier molecular flexibility index (Phi) is 3.75. The fourth-order valence-electron chi connectivity index (χ4n) is 3.48. The van der Waals surface area contributed by atoms with E-state index in [1.807, 2.05) is 42.5 Å². The van der Waals surface area contributed by atoms with Crippen LogP contribution in [0, 0.1) is 0 Å². The molecule has 8 heteroatoms. The zero-order valence-corrected chi connectivity index (χ0v) is 15.5. The van der Waals surface area contributed by atoms with Crippen LogP contribution in [0.4, 0.5) is 0 Å². The van der Waals surface area contributed by atoms with Gasteiger partial charge in [-0.1, -0.05) is 30.0 Å². The highest BCUT2D eigenvalue weighted by atomic mass is 32.2. The first-order chi connectivity index (χ1) is 13.0. The molecule has 2 aromatic carbocycles. The molecule has 2 atom stereocenters. The zero-order chi connectivity index (χ0) is 18.7. The first-order valence-corrected chi connectivity index (χ1v) is 10.2. The van der Waals surface area contributed by atoms with Gasteiger partial charge in [0.2, 0.25) is 5.91 Å². The van der Waals surface area contributed by atoms with E-state index in [1.165, 1.54) is 28.4 Å². The van der Waals surface area contributed by atoms with Crippen molar-refractivity contribution in [2.75, 3.05) is 5.75 Å². The Labute approximate surface area is 162 Å². The summed E-state index contributed by atoms with van der Waals surface area (Å²) in [5.41, 5.74) is 7.40. The van der Waals surface area contributed by atoms with Crippen LogP contribution < -0.4 is 5.73 Å². The lowest BCUT2D eigenvalue weighted by Crippen LogP contribution is -2.68. The van der Waals surface area contributed by atoms with Crippen LogP contribution in [0.2, 0.25) is 0 Å². The lowest BCUT2D eigenvalue weighted by molar-refractivity contribution is -0.147. The summed E-state index contributed by atoms with van der Waals surface area (Å²) < 4.78 is 5.91. The van der Waals surface area contributed by atoms with Crippen molar-refractivity contribution in [3.8, 4) is 0 Å². The first-order valence-electron chi connectivity index (χ1n) is 8.30. The van der Waals surface area contributed by atoms with E-state index in [4.69, 9.17) is 10.2 Å². The van der Waals surface area contributed by atoms with E-state index in [9.17, 15) is 14.7 Å². The summed E-state index contributed by atoms with van der Waals surface area (Å²) in [7, 11) is 0. The second-order valence-corrected chi connectivity index (χ2v) is 8.64. The molecule has 3 N–H and O–H groups in total. The average Bonchev–Trinajstić information content (AvgIpc) is 3.04. The van der Waals surface area contributed by atoms with Crippen LogP contribution in [0.15, 0.2) is 62.4 Å². The lowest BCUT2D eigenvalue weighted by Gasteiger charge is -2.47. The van der Waals surface area contributed by atoms with E-state index < -0.39 is 12.0 Å². The van der Waals surface area contributed by atoms with Crippen molar-refractivity contribution in [3.05, 3.63) is 53.1 Å². The molecule has 0 radical (unpaired) electrons. The summed E-state index contributed by atoms with van der Waals surface area (Å²) in [6.45, 7) is 0. The molecule has 6 nitrogen and oxygen atoms in total. The number of hydrogen-bond donors (Lipinski definition) is 2. The fourth-order valence-corrected chi connectivity index (χ4v) is 5.93. The number of carboxylic acids is 1. The van der Waals surface area contributed by atoms with Crippen molar-refractivity contribution in [3.63, 3.8) is 0 Å². The van der Waals surface area contributed by atoms with Gasteiger partial charge in [-0.05, 0) is 24.3 Å². The molecule has 3 aromatic rings. The Morgan fingerprint density at radius 1 is 1.22 bits per heavy atom. The third kappa shape index (κ3) is 2.48. The second-order valence-electron chi connectivity index (χ2n) is 6.37. The second kappa shape index (κ2) is 6.05. The van der Waals surface area contributed by atoms with Crippen LogP contribution in [0.5, 0.6) is 0 Å². The molecule has 27 heavy (non-hydrogen) atoms. The molecule has 0 saturated carbocycles. The molecule has 0 aliphatic carbocycles. The number of amides is 1. The van der Waals surface area contributed by atoms with Crippen molar-refractivity contribution < 1.29 is 19.1 Å². The van der Waals surface area contributed by atoms with E-state index in [0.29, 0.717) is 10.7 Å². The lowest BCUT2D eigenvalue weighted by atomic mass is 10.1. The number of rotatable bonds is 3. The normalized spacial score (nSPS) is 22.3. The number of carboxylic acid groups (broad SMARTS) is 1. The van der Waals surface area contributed by atoms with Gasteiger partial charge in [-0.2, -0.15) is 0 Å². The largest absolute Gasteiger partial charge is 0.477 e. The number of fused-ring (bicyclic) bond motifs is 4. The van der Waals surface area contributed by atoms with Gasteiger partial charge in [0, 0.05) is 26.3 Å². The minimum atomic E-state index is -1.10. The summed E-state index contributed by atoms with van der Waals surface area (Å²) in [4.78, 5) is 26.7. The minimum Gasteiger partial charge on any atom is -0.477 e. The molecule has 2 aliphatic rings. The van der Waals surface area contributed by atoms with E-state index in [0.717, 1.165) is 26.8 Å². The minimum absolute atomic E-state index is 0.0418. The molecule has 5 rings (SSSR count). The van der Waals surface area contributed by atoms with Gasteiger partial charge in [0.05, 0.1) is 0 Å². The number of para-hydroxylation sites is 1. The summed E-state index contributed by atoms with van der Waals surface area (Å²) >= 11 is 2.85. The number of carbonyl (C=O) groups is 2. The highest BCUT2D eigenvalue weighted by Gasteiger charge is 2.51. The van der Waals surface area contributed by atoms with Crippen molar-refractivity contribution in [2.24, 2.45) is 5.73 Å². The summed E-state index contributed by atoms with van der Waals surface area (Å²) in [5.74, 6) is -0.935. The van der Waals surface area contributed by atoms with Crippen LogP contribution in [0.3, 0.4) is 0 Å². The van der Waals surface area contributed by atoms with E-state index in [1.54, 1.807) is 0 Å².